The smallest absolute Gasteiger partial charge is 0.123 e. The maximum absolute atomic E-state index is 8.94. The number of aromatic nitrogens is 2. The van der Waals surface area contributed by atoms with Crippen molar-refractivity contribution in [1.82, 2.24) is 15.1 Å². The van der Waals surface area contributed by atoms with Crippen molar-refractivity contribution in [2.45, 2.75) is 25.9 Å². The average Bonchev–Trinajstić information content (AvgIpc) is 2.45. The van der Waals surface area contributed by atoms with Crippen molar-refractivity contribution in [3.63, 3.8) is 0 Å². The highest BCUT2D eigenvalue weighted by Gasteiger charge is 2.22. The van der Waals surface area contributed by atoms with E-state index >= 15 is 0 Å². The number of nitrogens with one attached hydrogen (secondary N) is 1. The van der Waals surface area contributed by atoms with Crippen LogP contribution in [-0.2, 0) is 6.54 Å². The minimum Gasteiger partial charge on any atom is -0.301 e. The molecule has 0 aromatic carbocycles. The van der Waals surface area contributed by atoms with E-state index in [2.05, 4.69) is 16.5 Å². The monoisotopic (exact) mass is 212 g/mol. The third kappa shape index (κ3) is 2.25. The second-order valence-electron chi connectivity index (χ2n) is 3.45. The fraction of sp³-hybridized carbons (Fsp3) is 0.556. The number of hydrogen-bond acceptors (Lipinski definition) is 3. The van der Waals surface area contributed by atoms with Gasteiger partial charge in [-0.15, -0.1) is 0 Å². The summed E-state index contributed by atoms with van der Waals surface area (Å²) in [7, 11) is 1.75. The molecule has 0 aliphatic heterocycles. The summed E-state index contributed by atoms with van der Waals surface area (Å²) < 4.78 is 1.68. The Hall–Kier alpha value is -1.05. The van der Waals surface area contributed by atoms with Crippen molar-refractivity contribution in [3.8, 4) is 6.07 Å². The Kier molecular flexibility index (Phi) is 3.14. The van der Waals surface area contributed by atoms with Gasteiger partial charge in [-0.2, -0.15) is 10.4 Å². The van der Waals surface area contributed by atoms with Gasteiger partial charge in [0.1, 0.15) is 5.54 Å². The first-order valence-electron chi connectivity index (χ1n) is 4.30. The molecule has 0 radical (unpaired) electrons. The van der Waals surface area contributed by atoms with Crippen molar-refractivity contribution in [2.75, 3.05) is 7.05 Å². The highest BCUT2D eigenvalue weighted by molar-refractivity contribution is 6.31. The minimum absolute atomic E-state index is 0.480. The highest BCUT2D eigenvalue weighted by Crippen LogP contribution is 2.14. The van der Waals surface area contributed by atoms with Crippen LogP contribution in [0.3, 0.4) is 0 Å². The molecular formula is C9H13ClN4. The van der Waals surface area contributed by atoms with Gasteiger partial charge in [0.05, 0.1) is 23.3 Å². The van der Waals surface area contributed by atoms with E-state index in [9.17, 15) is 0 Å². The van der Waals surface area contributed by atoms with Crippen molar-refractivity contribution >= 4 is 11.6 Å². The zero-order valence-corrected chi connectivity index (χ0v) is 9.26. The Morgan fingerprint density at radius 2 is 2.43 bits per heavy atom. The Bertz CT molecular complexity index is 346. The molecule has 76 valence electrons. The second-order valence-corrected chi connectivity index (χ2v) is 3.86. The third-order valence-electron chi connectivity index (χ3n) is 2.16. The molecule has 1 N–H and O–H groups in total. The zero-order valence-electron chi connectivity index (χ0n) is 8.50. The van der Waals surface area contributed by atoms with Gasteiger partial charge < -0.3 is 5.32 Å². The maximum Gasteiger partial charge on any atom is 0.123 e. The van der Waals surface area contributed by atoms with Gasteiger partial charge >= 0.3 is 0 Å². The average molecular weight is 213 g/mol. The van der Waals surface area contributed by atoms with E-state index in [1.165, 1.54) is 0 Å². The molecule has 1 unspecified atom stereocenters. The number of nitrogens with zero attached hydrogens (tertiary/aromatic N) is 3. The lowest BCUT2D eigenvalue weighted by atomic mass is 10.1. The Balaban J connectivity index is 2.84. The largest absolute Gasteiger partial charge is 0.301 e. The number of likely N-dealkylation sites (N-methyl/N-ethyl adjacent to an activating group) is 1. The standard InChI is InChI=1S/C9H13ClN4/c1-7-8(10)4-14(13-7)6-9(2,5-11)12-3/h4,12H,6H2,1-3H3. The molecule has 0 saturated carbocycles. The summed E-state index contributed by atoms with van der Waals surface area (Å²) in [6.45, 7) is 4.13. The first-order chi connectivity index (χ1) is 6.50. The van der Waals surface area contributed by atoms with E-state index in [-0.39, 0.29) is 0 Å². The van der Waals surface area contributed by atoms with Gasteiger partial charge in [0.2, 0.25) is 0 Å². The van der Waals surface area contributed by atoms with Gasteiger partial charge in [-0.05, 0) is 20.9 Å². The maximum atomic E-state index is 8.94. The van der Waals surface area contributed by atoms with Gasteiger partial charge in [-0.3, -0.25) is 4.68 Å². The normalized spacial score (nSPS) is 14.8. The molecule has 0 bridgehead atoms. The second kappa shape index (κ2) is 3.99. The summed E-state index contributed by atoms with van der Waals surface area (Å²) in [5.41, 5.74) is 0.171. The SMILES string of the molecule is CNC(C)(C#N)Cn1cc(Cl)c(C)n1. The van der Waals surface area contributed by atoms with Crippen LogP contribution in [0.25, 0.3) is 0 Å². The lowest BCUT2D eigenvalue weighted by Crippen LogP contribution is -2.42. The molecule has 5 heteroatoms. The van der Waals surface area contributed by atoms with E-state index in [1.807, 2.05) is 13.8 Å². The van der Waals surface area contributed by atoms with Crippen molar-refractivity contribution in [1.29, 1.82) is 5.26 Å². The predicted molar refractivity (Wildman–Crippen MR) is 55.1 cm³/mol. The van der Waals surface area contributed by atoms with Crippen LogP contribution in [0.5, 0.6) is 0 Å². The Morgan fingerprint density at radius 3 is 2.79 bits per heavy atom. The molecule has 0 saturated heterocycles. The molecule has 1 rings (SSSR count). The molecule has 0 aliphatic rings. The number of nitriles is 1. The van der Waals surface area contributed by atoms with E-state index in [1.54, 1.807) is 17.9 Å². The van der Waals surface area contributed by atoms with Crippen molar-refractivity contribution in [3.05, 3.63) is 16.9 Å². The molecule has 1 aromatic rings. The van der Waals surface area contributed by atoms with Crippen molar-refractivity contribution in [2.24, 2.45) is 0 Å². The van der Waals surface area contributed by atoms with Crippen LogP contribution in [0, 0.1) is 18.3 Å². The molecule has 1 aromatic heterocycles. The molecule has 0 spiro atoms. The summed E-state index contributed by atoms with van der Waals surface area (Å²) in [4.78, 5) is 0. The van der Waals surface area contributed by atoms with Gasteiger partial charge in [0.15, 0.2) is 0 Å². The highest BCUT2D eigenvalue weighted by atomic mass is 35.5. The number of rotatable bonds is 3. The van der Waals surface area contributed by atoms with Crippen LogP contribution in [0.15, 0.2) is 6.20 Å². The third-order valence-corrected chi connectivity index (χ3v) is 2.53. The summed E-state index contributed by atoms with van der Waals surface area (Å²) in [5.74, 6) is 0. The van der Waals surface area contributed by atoms with E-state index in [0.29, 0.717) is 11.6 Å². The molecule has 0 fully saturated rings. The molecule has 1 heterocycles. The summed E-state index contributed by atoms with van der Waals surface area (Å²) in [6.07, 6.45) is 1.73. The van der Waals surface area contributed by atoms with Gasteiger partial charge in [-0.1, -0.05) is 11.6 Å². The fourth-order valence-corrected chi connectivity index (χ4v) is 1.22. The summed E-state index contributed by atoms with van der Waals surface area (Å²) in [6, 6.07) is 2.19. The molecule has 4 nitrogen and oxygen atoms in total. The lowest BCUT2D eigenvalue weighted by Gasteiger charge is -2.20. The molecule has 0 aliphatic carbocycles. The zero-order chi connectivity index (χ0) is 10.8. The van der Waals surface area contributed by atoms with E-state index in [4.69, 9.17) is 16.9 Å². The first-order valence-corrected chi connectivity index (χ1v) is 4.68. The molecular weight excluding hydrogens is 200 g/mol. The number of aryl methyl sites for hydroxylation is 1. The number of halogens is 1. The molecule has 0 amide bonds. The fourth-order valence-electron chi connectivity index (χ4n) is 1.07. The van der Waals surface area contributed by atoms with Crippen LogP contribution < -0.4 is 5.32 Å². The summed E-state index contributed by atoms with van der Waals surface area (Å²) in [5, 5.41) is 16.7. The minimum atomic E-state index is -0.609. The van der Waals surface area contributed by atoms with Gasteiger partial charge in [-0.25, -0.2) is 0 Å². The lowest BCUT2D eigenvalue weighted by molar-refractivity contribution is 0.395. The van der Waals surface area contributed by atoms with Crippen LogP contribution in [0.2, 0.25) is 5.02 Å². The van der Waals surface area contributed by atoms with Gasteiger partial charge in [0, 0.05) is 6.20 Å². The van der Waals surface area contributed by atoms with Gasteiger partial charge in [0.25, 0.3) is 0 Å². The van der Waals surface area contributed by atoms with Crippen LogP contribution in [0.1, 0.15) is 12.6 Å². The van der Waals surface area contributed by atoms with E-state index in [0.717, 1.165) is 5.69 Å². The Morgan fingerprint density at radius 1 is 1.79 bits per heavy atom. The van der Waals surface area contributed by atoms with Crippen molar-refractivity contribution < 1.29 is 0 Å². The number of hydrogen-bond donors (Lipinski definition) is 1. The van der Waals surface area contributed by atoms with E-state index < -0.39 is 5.54 Å². The topological polar surface area (TPSA) is 53.6 Å². The molecule has 1 atom stereocenters. The van der Waals surface area contributed by atoms with Crippen LogP contribution in [0.4, 0.5) is 0 Å². The van der Waals surface area contributed by atoms with Crippen LogP contribution in [-0.4, -0.2) is 22.4 Å². The predicted octanol–water partition coefficient (Wildman–Crippen LogP) is 1.35. The Labute approximate surface area is 88.5 Å². The van der Waals surface area contributed by atoms with Crippen LogP contribution >= 0.6 is 11.6 Å². The quantitative estimate of drug-likeness (QED) is 0.823. The molecule has 14 heavy (non-hydrogen) atoms. The summed E-state index contributed by atoms with van der Waals surface area (Å²) >= 11 is 5.86. The first kappa shape index (κ1) is 11.0.